The fourth-order valence-electron chi connectivity index (χ4n) is 2.53. The third-order valence-corrected chi connectivity index (χ3v) is 4.27. The van der Waals surface area contributed by atoms with Crippen LogP contribution in [0.5, 0.6) is 0 Å². The quantitative estimate of drug-likeness (QED) is 0.480. The van der Waals surface area contributed by atoms with E-state index < -0.39 is 0 Å². The minimum Gasteiger partial charge on any atom is -0.302 e. The molecule has 1 unspecified atom stereocenters. The molecule has 0 aromatic rings. The van der Waals surface area contributed by atoms with Gasteiger partial charge < -0.3 is 4.90 Å². The lowest BCUT2D eigenvalue weighted by Gasteiger charge is -2.50. The molecule has 0 saturated carbocycles. The van der Waals surface area contributed by atoms with E-state index in [0.29, 0.717) is 4.75 Å². The SMILES string of the molecule is C=NSC1(C)CN2CCC1CC2. The minimum absolute atomic E-state index is 0.359. The van der Waals surface area contributed by atoms with Gasteiger partial charge in [0.2, 0.25) is 0 Å². The zero-order chi connectivity index (χ0) is 8.60. The van der Waals surface area contributed by atoms with Gasteiger partial charge in [-0.15, -0.1) is 0 Å². The van der Waals surface area contributed by atoms with E-state index in [1.54, 1.807) is 11.9 Å². The Kier molecular flexibility index (Phi) is 2.17. The highest BCUT2D eigenvalue weighted by Crippen LogP contribution is 2.44. The second-order valence-electron chi connectivity index (χ2n) is 4.08. The molecular formula is C9H16N2S. The molecule has 0 amide bonds. The van der Waals surface area contributed by atoms with Gasteiger partial charge in [0, 0.05) is 6.54 Å². The summed E-state index contributed by atoms with van der Waals surface area (Å²) in [6.45, 7) is 9.73. The largest absolute Gasteiger partial charge is 0.302 e. The van der Waals surface area contributed by atoms with Crippen LogP contribution in [0, 0.1) is 5.92 Å². The average molecular weight is 184 g/mol. The second kappa shape index (κ2) is 3.04. The summed E-state index contributed by atoms with van der Waals surface area (Å²) in [4.78, 5) is 2.55. The highest BCUT2D eigenvalue weighted by Gasteiger charge is 2.43. The molecule has 3 heterocycles. The highest BCUT2D eigenvalue weighted by molar-refractivity contribution is 7.99. The van der Waals surface area contributed by atoms with Crippen LogP contribution in [0.2, 0.25) is 0 Å². The maximum atomic E-state index is 3.99. The van der Waals surface area contributed by atoms with Gasteiger partial charge in [-0.25, -0.2) is 4.40 Å². The highest BCUT2D eigenvalue weighted by atomic mass is 32.2. The van der Waals surface area contributed by atoms with Crippen molar-refractivity contribution in [2.45, 2.75) is 24.5 Å². The van der Waals surface area contributed by atoms with Crippen molar-refractivity contribution >= 4 is 18.7 Å². The molecule has 2 bridgehead atoms. The van der Waals surface area contributed by atoms with Crippen LogP contribution in [0.15, 0.2) is 4.40 Å². The molecule has 3 aliphatic rings. The second-order valence-corrected chi connectivity index (χ2v) is 5.46. The van der Waals surface area contributed by atoms with Crippen molar-refractivity contribution < 1.29 is 0 Å². The summed E-state index contributed by atoms with van der Waals surface area (Å²) >= 11 is 1.69. The summed E-state index contributed by atoms with van der Waals surface area (Å²) in [5.74, 6) is 0.873. The first-order valence-corrected chi connectivity index (χ1v) is 5.38. The summed E-state index contributed by atoms with van der Waals surface area (Å²) in [5.41, 5.74) is 0. The normalized spacial score (nSPS) is 46.1. The minimum atomic E-state index is 0.359. The van der Waals surface area contributed by atoms with Crippen molar-refractivity contribution in [3.05, 3.63) is 0 Å². The molecular weight excluding hydrogens is 168 g/mol. The summed E-state index contributed by atoms with van der Waals surface area (Å²) in [6.07, 6.45) is 2.72. The van der Waals surface area contributed by atoms with Crippen LogP contribution < -0.4 is 0 Å². The van der Waals surface area contributed by atoms with E-state index in [4.69, 9.17) is 0 Å². The van der Waals surface area contributed by atoms with Crippen LogP contribution >= 0.6 is 11.9 Å². The Morgan fingerprint density at radius 3 is 2.58 bits per heavy atom. The first-order valence-electron chi connectivity index (χ1n) is 4.61. The number of rotatable bonds is 2. The van der Waals surface area contributed by atoms with Crippen molar-refractivity contribution in [1.29, 1.82) is 0 Å². The van der Waals surface area contributed by atoms with Gasteiger partial charge in [0.05, 0.1) is 4.75 Å². The van der Waals surface area contributed by atoms with Crippen LogP contribution in [0.1, 0.15) is 19.8 Å². The van der Waals surface area contributed by atoms with Crippen molar-refractivity contribution in [1.82, 2.24) is 4.90 Å². The molecule has 0 aromatic heterocycles. The van der Waals surface area contributed by atoms with Gasteiger partial charge in [0.15, 0.2) is 0 Å². The lowest BCUT2D eigenvalue weighted by molar-refractivity contribution is 0.0794. The van der Waals surface area contributed by atoms with E-state index in [9.17, 15) is 0 Å². The van der Waals surface area contributed by atoms with Gasteiger partial charge in [0.25, 0.3) is 0 Å². The maximum Gasteiger partial charge on any atom is 0.0505 e. The standard InChI is InChI=1S/C9H16N2S/c1-9(12-10-2)7-11-5-3-8(9)4-6-11/h8H,2-7H2,1H3. The van der Waals surface area contributed by atoms with Gasteiger partial charge in [-0.3, -0.25) is 0 Å². The Bertz CT molecular complexity index is 187. The van der Waals surface area contributed by atoms with Gasteiger partial charge >= 0.3 is 0 Å². The fourth-order valence-corrected chi connectivity index (χ4v) is 3.45. The molecule has 0 aliphatic carbocycles. The van der Waals surface area contributed by atoms with E-state index in [1.165, 1.54) is 32.5 Å². The van der Waals surface area contributed by atoms with E-state index in [0.717, 1.165) is 5.92 Å². The third kappa shape index (κ3) is 1.29. The predicted molar refractivity (Wildman–Crippen MR) is 54.7 cm³/mol. The molecule has 1 atom stereocenters. The van der Waals surface area contributed by atoms with Crippen molar-refractivity contribution in [3.8, 4) is 0 Å². The van der Waals surface area contributed by atoms with Crippen LogP contribution in [-0.4, -0.2) is 36.0 Å². The van der Waals surface area contributed by atoms with Crippen molar-refractivity contribution in [2.24, 2.45) is 10.3 Å². The van der Waals surface area contributed by atoms with Crippen LogP contribution in [0.25, 0.3) is 0 Å². The molecule has 3 aliphatic heterocycles. The topological polar surface area (TPSA) is 15.6 Å². The van der Waals surface area contributed by atoms with Gasteiger partial charge in [0.1, 0.15) is 0 Å². The molecule has 3 saturated heterocycles. The fraction of sp³-hybridized carbons (Fsp3) is 0.889. The molecule has 0 spiro atoms. The molecule has 3 fully saturated rings. The molecule has 3 heteroatoms. The third-order valence-electron chi connectivity index (χ3n) is 3.26. The first-order chi connectivity index (χ1) is 5.74. The van der Waals surface area contributed by atoms with E-state index in [2.05, 4.69) is 22.9 Å². The monoisotopic (exact) mass is 184 g/mol. The van der Waals surface area contributed by atoms with Gasteiger partial charge in [-0.2, -0.15) is 0 Å². The average Bonchev–Trinajstić information content (AvgIpc) is 2.05. The molecule has 0 N–H and O–H groups in total. The van der Waals surface area contributed by atoms with Crippen molar-refractivity contribution in [2.75, 3.05) is 19.6 Å². The Balaban J connectivity index is 2.11. The molecule has 3 rings (SSSR count). The smallest absolute Gasteiger partial charge is 0.0505 e. The van der Waals surface area contributed by atoms with E-state index in [1.807, 2.05) is 0 Å². The summed E-state index contributed by atoms with van der Waals surface area (Å²) < 4.78 is 4.35. The molecule has 68 valence electrons. The molecule has 2 nitrogen and oxygen atoms in total. The molecule has 12 heavy (non-hydrogen) atoms. The van der Waals surface area contributed by atoms with Crippen LogP contribution in [0.4, 0.5) is 0 Å². The zero-order valence-electron chi connectivity index (χ0n) is 7.62. The summed E-state index contributed by atoms with van der Waals surface area (Å²) in [7, 11) is 0. The lowest BCUT2D eigenvalue weighted by atomic mass is 9.79. The van der Waals surface area contributed by atoms with Gasteiger partial charge in [-0.05, 0) is 57.4 Å². The Morgan fingerprint density at radius 2 is 2.17 bits per heavy atom. The van der Waals surface area contributed by atoms with E-state index >= 15 is 0 Å². The number of hydrogen-bond donors (Lipinski definition) is 0. The number of fused-ring (bicyclic) bond motifs is 3. The Hall–Kier alpha value is -0.0200. The Morgan fingerprint density at radius 1 is 1.50 bits per heavy atom. The predicted octanol–water partition coefficient (Wildman–Crippen LogP) is 1.82. The lowest BCUT2D eigenvalue weighted by Crippen LogP contribution is -2.55. The summed E-state index contributed by atoms with van der Waals surface area (Å²) in [6, 6.07) is 0. The molecule has 0 aromatic carbocycles. The number of piperidine rings is 3. The number of hydrogen-bond acceptors (Lipinski definition) is 3. The van der Waals surface area contributed by atoms with E-state index in [-0.39, 0.29) is 0 Å². The maximum absolute atomic E-state index is 3.99. The van der Waals surface area contributed by atoms with Gasteiger partial charge in [-0.1, -0.05) is 0 Å². The Labute approximate surface area is 78.6 Å². The molecule has 0 radical (unpaired) electrons. The van der Waals surface area contributed by atoms with Crippen LogP contribution in [-0.2, 0) is 0 Å². The van der Waals surface area contributed by atoms with Crippen molar-refractivity contribution in [3.63, 3.8) is 0 Å². The zero-order valence-corrected chi connectivity index (χ0v) is 8.44. The van der Waals surface area contributed by atoms with Crippen LogP contribution in [0.3, 0.4) is 0 Å². The summed E-state index contributed by atoms with van der Waals surface area (Å²) in [5, 5.41) is 0. The first kappa shape index (κ1) is 8.57. The number of nitrogens with zero attached hydrogens (tertiary/aromatic N) is 2.